The van der Waals surface area contributed by atoms with Gasteiger partial charge in [0.05, 0.1) is 29.6 Å². The highest BCUT2D eigenvalue weighted by molar-refractivity contribution is 5.91. The fraction of sp³-hybridized carbons (Fsp3) is 0.286. The Balaban J connectivity index is 1.75. The number of carbonyl (C=O) groups is 1. The van der Waals surface area contributed by atoms with Crippen LogP contribution in [0.15, 0.2) is 42.5 Å². The summed E-state index contributed by atoms with van der Waals surface area (Å²) in [5, 5.41) is 17.5. The van der Waals surface area contributed by atoms with Crippen LogP contribution in [0.5, 0.6) is 5.75 Å². The summed E-state index contributed by atoms with van der Waals surface area (Å²) in [7, 11) is 0. The number of fused-ring (bicyclic) bond motifs is 1. The number of benzene rings is 2. The Morgan fingerprint density at radius 1 is 1.28 bits per heavy atom. The summed E-state index contributed by atoms with van der Waals surface area (Å²) in [6.07, 6.45) is 0. The smallest absolute Gasteiger partial charge is 0.312 e. The number of hydrogen-bond acceptors (Lipinski definition) is 7. The zero-order valence-corrected chi connectivity index (χ0v) is 15.9. The number of esters is 1. The molecule has 0 amide bonds. The van der Waals surface area contributed by atoms with Gasteiger partial charge >= 0.3 is 5.97 Å². The van der Waals surface area contributed by atoms with Gasteiger partial charge in [0.2, 0.25) is 0 Å². The first kappa shape index (κ1) is 19.1. The van der Waals surface area contributed by atoms with Gasteiger partial charge in [0.25, 0.3) is 0 Å². The van der Waals surface area contributed by atoms with E-state index < -0.39 is 5.82 Å². The minimum absolute atomic E-state index is 0.112. The van der Waals surface area contributed by atoms with E-state index in [-0.39, 0.29) is 35.1 Å². The van der Waals surface area contributed by atoms with Crippen LogP contribution in [0.3, 0.4) is 0 Å². The molecule has 1 aliphatic heterocycles. The molecule has 2 atom stereocenters. The molecule has 3 N–H and O–H groups in total. The molecule has 2 heterocycles. The molecule has 4 rings (SSSR count). The van der Waals surface area contributed by atoms with Gasteiger partial charge in [-0.15, -0.1) is 0 Å². The van der Waals surface area contributed by atoms with E-state index >= 15 is 0 Å². The van der Waals surface area contributed by atoms with E-state index in [2.05, 4.69) is 20.6 Å². The summed E-state index contributed by atoms with van der Waals surface area (Å²) < 4.78 is 18.9. The lowest BCUT2D eigenvalue weighted by molar-refractivity contribution is -0.147. The standard InChI is InChI=1S/C21H21FN4O3/c1-2-29-21(28)15-10-23-11-17(15)25-19-13-5-3-4-6-16(13)24-20(26-19)14-9-12(22)7-8-18(14)27/h3-9,15,17,23,27H,2,10-11H2,1H3,(H,24,25,26). The van der Waals surface area contributed by atoms with Gasteiger partial charge in [-0.25, -0.2) is 14.4 Å². The number of carbonyl (C=O) groups excluding carboxylic acids is 1. The molecule has 0 radical (unpaired) electrons. The molecule has 150 valence electrons. The molecule has 2 aromatic carbocycles. The van der Waals surface area contributed by atoms with E-state index in [4.69, 9.17) is 4.74 Å². The Kier molecular flexibility index (Phi) is 5.26. The minimum Gasteiger partial charge on any atom is -0.507 e. The van der Waals surface area contributed by atoms with E-state index in [9.17, 15) is 14.3 Å². The Morgan fingerprint density at radius 2 is 2.10 bits per heavy atom. The van der Waals surface area contributed by atoms with Gasteiger partial charge in [0.15, 0.2) is 5.82 Å². The molecule has 1 fully saturated rings. The number of halogens is 1. The molecule has 7 nitrogen and oxygen atoms in total. The molecule has 0 bridgehead atoms. The van der Waals surface area contributed by atoms with Gasteiger partial charge in [-0.05, 0) is 37.3 Å². The zero-order chi connectivity index (χ0) is 20.4. The molecule has 2 unspecified atom stereocenters. The van der Waals surface area contributed by atoms with Gasteiger partial charge in [-0.1, -0.05) is 12.1 Å². The molecular weight excluding hydrogens is 375 g/mol. The third kappa shape index (κ3) is 3.84. The van der Waals surface area contributed by atoms with Gasteiger partial charge in [0, 0.05) is 18.5 Å². The second-order valence-electron chi connectivity index (χ2n) is 6.84. The van der Waals surface area contributed by atoms with Gasteiger partial charge in [-0.2, -0.15) is 0 Å². The van der Waals surface area contributed by atoms with Crippen molar-refractivity contribution in [3.05, 3.63) is 48.3 Å². The normalized spacial score (nSPS) is 18.7. The van der Waals surface area contributed by atoms with Crippen LogP contribution in [-0.2, 0) is 9.53 Å². The highest BCUT2D eigenvalue weighted by atomic mass is 19.1. The molecule has 1 saturated heterocycles. The number of anilines is 1. The SMILES string of the molecule is CCOC(=O)C1CNCC1Nc1nc(-c2cc(F)ccc2O)nc2ccccc12. The number of hydrogen-bond donors (Lipinski definition) is 3. The predicted octanol–water partition coefficient (Wildman–Crippen LogP) is 2.70. The van der Waals surface area contributed by atoms with Crippen molar-refractivity contribution in [3.8, 4) is 17.1 Å². The summed E-state index contributed by atoms with van der Waals surface area (Å²) in [5.41, 5.74) is 0.840. The largest absolute Gasteiger partial charge is 0.507 e. The Bertz CT molecular complexity index is 1060. The van der Waals surface area contributed by atoms with E-state index in [0.717, 1.165) is 5.39 Å². The van der Waals surface area contributed by atoms with Crippen molar-refractivity contribution in [2.45, 2.75) is 13.0 Å². The Hall–Kier alpha value is -3.26. The molecule has 3 aromatic rings. The van der Waals surface area contributed by atoms with Crippen LogP contribution in [0.4, 0.5) is 10.2 Å². The lowest BCUT2D eigenvalue weighted by Crippen LogP contribution is -2.35. The van der Waals surface area contributed by atoms with E-state index in [1.54, 1.807) is 6.92 Å². The van der Waals surface area contributed by atoms with Crippen LogP contribution in [0, 0.1) is 11.7 Å². The number of nitrogens with zero attached hydrogens (tertiary/aromatic N) is 2. The monoisotopic (exact) mass is 396 g/mol. The lowest BCUT2D eigenvalue weighted by atomic mass is 10.0. The maximum Gasteiger partial charge on any atom is 0.312 e. The minimum atomic E-state index is -0.494. The van der Waals surface area contributed by atoms with Crippen LogP contribution in [0.25, 0.3) is 22.3 Å². The third-order valence-corrected chi connectivity index (χ3v) is 4.93. The number of ether oxygens (including phenoxy) is 1. The lowest BCUT2D eigenvalue weighted by Gasteiger charge is -2.20. The van der Waals surface area contributed by atoms with Crippen molar-refractivity contribution in [2.24, 2.45) is 5.92 Å². The number of phenols is 1. The van der Waals surface area contributed by atoms with Crippen molar-refractivity contribution in [1.29, 1.82) is 0 Å². The number of aromatic hydroxyl groups is 1. The van der Waals surface area contributed by atoms with E-state index in [0.29, 0.717) is 31.0 Å². The first-order valence-electron chi connectivity index (χ1n) is 9.46. The topological polar surface area (TPSA) is 96.4 Å². The molecule has 0 aliphatic carbocycles. The molecule has 29 heavy (non-hydrogen) atoms. The van der Waals surface area contributed by atoms with Crippen LogP contribution in [0.1, 0.15) is 6.92 Å². The van der Waals surface area contributed by atoms with Crippen LogP contribution in [-0.4, -0.2) is 46.8 Å². The molecule has 1 aliphatic rings. The first-order valence-corrected chi connectivity index (χ1v) is 9.46. The summed E-state index contributed by atoms with van der Waals surface area (Å²) in [6.45, 7) is 3.18. The number of aromatic nitrogens is 2. The van der Waals surface area contributed by atoms with Crippen molar-refractivity contribution < 1.29 is 19.0 Å². The molecule has 8 heteroatoms. The van der Waals surface area contributed by atoms with Crippen molar-refractivity contribution in [3.63, 3.8) is 0 Å². The summed E-state index contributed by atoms with van der Waals surface area (Å²) in [5.74, 6) is -0.517. The Labute approximate surface area is 166 Å². The summed E-state index contributed by atoms with van der Waals surface area (Å²) in [6, 6.07) is 10.8. The number of phenolic OH excluding ortho intramolecular Hbond substituents is 1. The highest BCUT2D eigenvalue weighted by Crippen LogP contribution is 2.31. The van der Waals surface area contributed by atoms with Crippen molar-refractivity contribution in [1.82, 2.24) is 15.3 Å². The third-order valence-electron chi connectivity index (χ3n) is 4.93. The predicted molar refractivity (Wildman–Crippen MR) is 107 cm³/mol. The van der Waals surface area contributed by atoms with E-state index in [1.807, 2.05) is 24.3 Å². The van der Waals surface area contributed by atoms with Crippen LogP contribution < -0.4 is 10.6 Å². The molecule has 1 aromatic heterocycles. The van der Waals surface area contributed by atoms with Gasteiger partial charge in [0.1, 0.15) is 17.4 Å². The number of para-hydroxylation sites is 1. The van der Waals surface area contributed by atoms with Crippen molar-refractivity contribution in [2.75, 3.05) is 25.0 Å². The Morgan fingerprint density at radius 3 is 2.93 bits per heavy atom. The second kappa shape index (κ2) is 8.00. The summed E-state index contributed by atoms with van der Waals surface area (Å²) >= 11 is 0. The van der Waals surface area contributed by atoms with Gasteiger partial charge < -0.3 is 20.5 Å². The maximum atomic E-state index is 13.7. The average Bonchev–Trinajstić information content (AvgIpc) is 3.18. The van der Waals surface area contributed by atoms with Crippen LogP contribution in [0.2, 0.25) is 0 Å². The molecule has 0 saturated carbocycles. The van der Waals surface area contributed by atoms with Gasteiger partial charge in [-0.3, -0.25) is 4.79 Å². The quantitative estimate of drug-likeness (QED) is 0.571. The molecular formula is C21H21FN4O3. The average molecular weight is 396 g/mol. The summed E-state index contributed by atoms with van der Waals surface area (Å²) in [4.78, 5) is 21.3. The highest BCUT2D eigenvalue weighted by Gasteiger charge is 2.34. The van der Waals surface area contributed by atoms with E-state index in [1.165, 1.54) is 18.2 Å². The fourth-order valence-electron chi connectivity index (χ4n) is 3.50. The number of rotatable bonds is 5. The first-order chi connectivity index (χ1) is 14.1. The van der Waals surface area contributed by atoms with Crippen molar-refractivity contribution >= 4 is 22.7 Å². The second-order valence-corrected chi connectivity index (χ2v) is 6.84. The number of nitrogens with one attached hydrogen (secondary N) is 2. The van der Waals surface area contributed by atoms with Crippen LogP contribution >= 0.6 is 0 Å². The zero-order valence-electron chi connectivity index (χ0n) is 15.9. The molecule has 0 spiro atoms. The maximum absolute atomic E-state index is 13.7. The fourth-order valence-corrected chi connectivity index (χ4v) is 3.50.